The zero-order valence-corrected chi connectivity index (χ0v) is 18.2. The molecule has 1 aliphatic heterocycles. The average molecular weight is 398 g/mol. The molecule has 3 rings (SSSR count). The number of piperazine rings is 1. The van der Waals surface area contributed by atoms with Crippen LogP contribution in [0.5, 0.6) is 5.75 Å². The first-order valence-electron chi connectivity index (χ1n) is 10.7. The van der Waals surface area contributed by atoms with Crippen molar-refractivity contribution >= 4 is 11.6 Å². The largest absolute Gasteiger partial charge is 0.496 e. The highest BCUT2D eigenvalue weighted by atomic mass is 16.5. The molecule has 0 radical (unpaired) electrons. The molecule has 1 heterocycles. The van der Waals surface area contributed by atoms with Gasteiger partial charge in [0.15, 0.2) is 6.54 Å². The van der Waals surface area contributed by atoms with Crippen LogP contribution < -0.4 is 19.9 Å². The van der Waals surface area contributed by atoms with Crippen molar-refractivity contribution in [2.24, 2.45) is 0 Å². The van der Waals surface area contributed by atoms with Crippen LogP contribution in [0, 0.1) is 13.8 Å². The molecule has 156 valence electrons. The highest BCUT2D eigenvalue weighted by Gasteiger charge is 2.26. The Kier molecular flexibility index (Phi) is 7.29. The van der Waals surface area contributed by atoms with Crippen LogP contribution in [0.25, 0.3) is 0 Å². The number of carbonyl (C=O) groups excluding carboxylic acids is 1. The Morgan fingerprint density at radius 2 is 1.76 bits per heavy atom. The Morgan fingerprint density at radius 1 is 1.03 bits per heavy atom. The highest BCUT2D eigenvalue weighted by molar-refractivity contribution is 5.93. The van der Waals surface area contributed by atoms with Crippen molar-refractivity contribution < 1.29 is 19.3 Å². The number of quaternary nitrogens is 2. The first-order chi connectivity index (χ1) is 14.0. The van der Waals surface area contributed by atoms with Crippen LogP contribution in [0.1, 0.15) is 29.2 Å². The van der Waals surface area contributed by atoms with Gasteiger partial charge in [0, 0.05) is 11.3 Å². The van der Waals surface area contributed by atoms with Gasteiger partial charge < -0.3 is 19.9 Å². The smallest absolute Gasteiger partial charge is 0.279 e. The number of ether oxygens (including phenoxy) is 1. The standard InChI is InChI=1S/C24H33N3O2/c1-5-20-8-6-7-19(3)24(20)25-23(28)17-27-13-11-26(12-14-27)16-21-15-18(2)9-10-22(21)29-4/h6-10,15H,5,11-14,16-17H2,1-4H3,(H,25,28)/p+2. The van der Waals surface area contributed by atoms with E-state index in [1.165, 1.54) is 21.6 Å². The quantitative estimate of drug-likeness (QED) is 0.647. The van der Waals surface area contributed by atoms with E-state index in [4.69, 9.17) is 4.74 Å². The summed E-state index contributed by atoms with van der Waals surface area (Å²) in [5, 5.41) is 3.17. The summed E-state index contributed by atoms with van der Waals surface area (Å²) in [5.41, 5.74) is 5.87. The van der Waals surface area contributed by atoms with Gasteiger partial charge >= 0.3 is 0 Å². The summed E-state index contributed by atoms with van der Waals surface area (Å²) in [5.74, 6) is 1.09. The van der Waals surface area contributed by atoms with Crippen LogP contribution in [-0.4, -0.2) is 45.7 Å². The van der Waals surface area contributed by atoms with Crippen molar-refractivity contribution in [1.82, 2.24) is 0 Å². The molecule has 0 aliphatic carbocycles. The van der Waals surface area contributed by atoms with Gasteiger partial charge in [0.1, 0.15) is 38.5 Å². The van der Waals surface area contributed by atoms with Crippen molar-refractivity contribution in [2.45, 2.75) is 33.7 Å². The van der Waals surface area contributed by atoms with Crippen LogP contribution >= 0.6 is 0 Å². The Balaban J connectivity index is 1.51. The number of hydrogen-bond acceptors (Lipinski definition) is 2. The third-order valence-electron chi connectivity index (χ3n) is 5.96. The number of benzene rings is 2. The SMILES string of the molecule is CCc1cccc(C)c1NC(=O)C[NH+]1CC[NH+](Cc2cc(C)ccc2OC)CC1. The van der Waals surface area contributed by atoms with Crippen LogP contribution in [0.15, 0.2) is 36.4 Å². The fraction of sp³-hybridized carbons (Fsp3) is 0.458. The maximum atomic E-state index is 12.6. The van der Waals surface area contributed by atoms with Crippen LogP contribution in [0.3, 0.4) is 0 Å². The number of hydrogen-bond donors (Lipinski definition) is 3. The molecule has 2 aromatic carbocycles. The summed E-state index contributed by atoms with van der Waals surface area (Å²) >= 11 is 0. The van der Waals surface area contributed by atoms with Crippen molar-refractivity contribution in [3.8, 4) is 5.75 Å². The molecule has 2 aromatic rings. The third kappa shape index (κ3) is 5.58. The molecule has 0 atom stereocenters. The lowest BCUT2D eigenvalue weighted by Gasteiger charge is -2.29. The van der Waals surface area contributed by atoms with Gasteiger partial charge in [-0.15, -0.1) is 0 Å². The molecule has 1 aliphatic rings. The molecular weight excluding hydrogens is 362 g/mol. The number of methoxy groups -OCH3 is 1. The van der Waals surface area contributed by atoms with E-state index in [9.17, 15) is 4.79 Å². The van der Waals surface area contributed by atoms with E-state index in [0.29, 0.717) is 6.54 Å². The van der Waals surface area contributed by atoms with E-state index in [1.807, 2.05) is 0 Å². The van der Waals surface area contributed by atoms with E-state index in [1.54, 1.807) is 12.0 Å². The second kappa shape index (κ2) is 9.90. The molecule has 0 unspecified atom stereocenters. The molecule has 1 saturated heterocycles. The number of aryl methyl sites for hydroxylation is 3. The second-order valence-corrected chi connectivity index (χ2v) is 8.18. The lowest BCUT2D eigenvalue weighted by Crippen LogP contribution is -3.28. The van der Waals surface area contributed by atoms with Gasteiger partial charge in [0.25, 0.3) is 5.91 Å². The summed E-state index contributed by atoms with van der Waals surface area (Å²) in [6.07, 6.45) is 0.925. The van der Waals surface area contributed by atoms with Gasteiger partial charge in [-0.3, -0.25) is 4.79 Å². The summed E-state index contributed by atoms with van der Waals surface area (Å²) in [7, 11) is 1.74. The van der Waals surface area contributed by atoms with Gasteiger partial charge in [-0.2, -0.15) is 0 Å². The zero-order chi connectivity index (χ0) is 20.8. The summed E-state index contributed by atoms with van der Waals surface area (Å²) in [6.45, 7) is 12.0. The molecule has 0 saturated carbocycles. The minimum Gasteiger partial charge on any atom is -0.496 e. The lowest BCUT2D eigenvalue weighted by atomic mass is 10.1. The van der Waals surface area contributed by atoms with E-state index in [0.717, 1.165) is 56.1 Å². The van der Waals surface area contributed by atoms with Crippen LogP contribution in [0.2, 0.25) is 0 Å². The fourth-order valence-electron chi connectivity index (χ4n) is 4.24. The second-order valence-electron chi connectivity index (χ2n) is 8.18. The molecule has 29 heavy (non-hydrogen) atoms. The molecule has 0 spiro atoms. The number of anilines is 1. The maximum Gasteiger partial charge on any atom is 0.279 e. The monoisotopic (exact) mass is 397 g/mol. The van der Waals surface area contributed by atoms with Crippen molar-refractivity contribution in [2.75, 3.05) is 45.2 Å². The number of carbonyl (C=O) groups is 1. The van der Waals surface area contributed by atoms with E-state index in [-0.39, 0.29) is 5.91 Å². The van der Waals surface area contributed by atoms with E-state index >= 15 is 0 Å². The molecule has 5 heteroatoms. The minimum atomic E-state index is 0.118. The summed E-state index contributed by atoms with van der Waals surface area (Å²) < 4.78 is 5.53. The lowest BCUT2D eigenvalue weighted by molar-refractivity contribution is -1.02. The van der Waals surface area contributed by atoms with E-state index in [2.05, 4.69) is 62.5 Å². The van der Waals surface area contributed by atoms with Gasteiger partial charge in [0.2, 0.25) is 0 Å². The average Bonchev–Trinajstić information content (AvgIpc) is 2.71. The molecule has 0 aromatic heterocycles. The molecule has 1 amide bonds. The normalized spacial score (nSPS) is 19.0. The van der Waals surface area contributed by atoms with Crippen LogP contribution in [0.4, 0.5) is 5.69 Å². The third-order valence-corrected chi connectivity index (χ3v) is 5.96. The number of amides is 1. The molecule has 0 bridgehead atoms. The van der Waals surface area contributed by atoms with Crippen molar-refractivity contribution in [3.05, 3.63) is 58.7 Å². The Bertz CT molecular complexity index is 842. The number of nitrogens with one attached hydrogen (secondary N) is 3. The fourth-order valence-corrected chi connectivity index (χ4v) is 4.24. The van der Waals surface area contributed by atoms with Gasteiger partial charge in [-0.1, -0.05) is 36.8 Å². The van der Waals surface area contributed by atoms with Crippen molar-refractivity contribution in [1.29, 1.82) is 0 Å². The molecule has 1 fully saturated rings. The minimum absolute atomic E-state index is 0.118. The first kappa shape index (κ1) is 21.3. The Labute approximate surface area is 174 Å². The predicted molar refractivity (Wildman–Crippen MR) is 117 cm³/mol. The van der Waals surface area contributed by atoms with Crippen molar-refractivity contribution in [3.63, 3.8) is 0 Å². The summed E-state index contributed by atoms with van der Waals surface area (Å²) in [6, 6.07) is 12.6. The maximum absolute atomic E-state index is 12.6. The Hall–Kier alpha value is -2.37. The number of rotatable bonds is 7. The van der Waals surface area contributed by atoms with Gasteiger partial charge in [-0.25, -0.2) is 0 Å². The molecule has 5 nitrogen and oxygen atoms in total. The zero-order valence-electron chi connectivity index (χ0n) is 18.2. The first-order valence-corrected chi connectivity index (χ1v) is 10.7. The molecular formula is C24H35N3O2+2. The van der Waals surface area contributed by atoms with Gasteiger partial charge in [-0.05, 0) is 43.5 Å². The van der Waals surface area contributed by atoms with E-state index < -0.39 is 0 Å². The summed E-state index contributed by atoms with van der Waals surface area (Å²) in [4.78, 5) is 15.6. The predicted octanol–water partition coefficient (Wildman–Crippen LogP) is 0.797. The molecule has 3 N–H and O–H groups in total. The van der Waals surface area contributed by atoms with Crippen LogP contribution in [-0.2, 0) is 17.8 Å². The topological polar surface area (TPSA) is 47.2 Å². The highest BCUT2D eigenvalue weighted by Crippen LogP contribution is 2.21. The number of para-hydroxylation sites is 1. The van der Waals surface area contributed by atoms with Gasteiger partial charge in [0.05, 0.1) is 7.11 Å². The Morgan fingerprint density at radius 3 is 2.45 bits per heavy atom.